The van der Waals surface area contributed by atoms with Gasteiger partial charge in [0.25, 0.3) is 0 Å². The van der Waals surface area contributed by atoms with Gasteiger partial charge in [0.15, 0.2) is 0 Å². The number of fused-ring (bicyclic) bond motifs is 3. The van der Waals surface area contributed by atoms with Crippen molar-refractivity contribution in [2.75, 3.05) is 5.32 Å². The molecule has 0 radical (unpaired) electrons. The number of anilines is 1. The van der Waals surface area contributed by atoms with Crippen LogP contribution in [0.3, 0.4) is 0 Å². The summed E-state index contributed by atoms with van der Waals surface area (Å²) in [5.74, 6) is 0.0566. The lowest BCUT2D eigenvalue weighted by Crippen LogP contribution is -2.28. The van der Waals surface area contributed by atoms with Crippen molar-refractivity contribution in [2.24, 2.45) is 5.92 Å². The van der Waals surface area contributed by atoms with Crippen LogP contribution in [0.4, 0.5) is 5.69 Å². The molecule has 0 saturated carbocycles. The number of allylic oxidation sites excluding steroid dienone is 2. The SMILES string of the molecule is O=C(O)c1ccc([C@H]2Nc3ccccc3C3C=CCC32)cc1. The van der Waals surface area contributed by atoms with E-state index in [4.69, 9.17) is 5.11 Å². The molecule has 0 spiro atoms. The summed E-state index contributed by atoms with van der Waals surface area (Å²) >= 11 is 0. The van der Waals surface area contributed by atoms with E-state index in [9.17, 15) is 4.79 Å². The van der Waals surface area contributed by atoms with Gasteiger partial charge < -0.3 is 10.4 Å². The molecule has 3 atom stereocenters. The quantitative estimate of drug-likeness (QED) is 0.815. The molecule has 0 bridgehead atoms. The summed E-state index contributed by atoms with van der Waals surface area (Å²) in [6.45, 7) is 0. The fourth-order valence-electron chi connectivity index (χ4n) is 3.71. The van der Waals surface area contributed by atoms with Gasteiger partial charge in [-0.25, -0.2) is 4.79 Å². The highest BCUT2D eigenvalue weighted by Crippen LogP contribution is 2.49. The van der Waals surface area contributed by atoms with Crippen LogP contribution in [0, 0.1) is 5.92 Å². The standard InChI is InChI=1S/C19H17NO2/c21-19(22)13-10-8-12(9-11-13)18-16-6-3-5-14(16)15-4-1-2-7-17(15)20-18/h1-5,7-11,14,16,18,20H,6H2,(H,21,22)/t14?,16?,18-/m1/s1. The molecule has 1 aliphatic carbocycles. The molecule has 2 aromatic rings. The highest BCUT2D eigenvalue weighted by Gasteiger charge is 2.37. The second kappa shape index (κ2) is 5.02. The van der Waals surface area contributed by atoms with Crippen molar-refractivity contribution < 1.29 is 9.90 Å². The maximum atomic E-state index is 11.0. The first-order chi connectivity index (χ1) is 10.7. The van der Waals surface area contributed by atoms with Crippen molar-refractivity contribution in [2.45, 2.75) is 18.4 Å². The highest BCUT2D eigenvalue weighted by atomic mass is 16.4. The van der Waals surface area contributed by atoms with Gasteiger partial charge in [-0.05, 0) is 41.7 Å². The van der Waals surface area contributed by atoms with Gasteiger partial charge in [-0.1, -0.05) is 42.5 Å². The van der Waals surface area contributed by atoms with Gasteiger partial charge in [0.1, 0.15) is 0 Å². The van der Waals surface area contributed by atoms with Gasteiger partial charge in [0, 0.05) is 11.6 Å². The molecule has 1 aliphatic heterocycles. The Balaban J connectivity index is 1.72. The van der Waals surface area contributed by atoms with Crippen molar-refractivity contribution in [3.05, 3.63) is 77.4 Å². The summed E-state index contributed by atoms with van der Waals surface area (Å²) in [7, 11) is 0. The molecular formula is C19H17NO2. The third-order valence-corrected chi connectivity index (χ3v) is 4.79. The zero-order chi connectivity index (χ0) is 15.1. The smallest absolute Gasteiger partial charge is 0.335 e. The van der Waals surface area contributed by atoms with E-state index in [0.29, 0.717) is 17.4 Å². The first-order valence-corrected chi connectivity index (χ1v) is 7.59. The zero-order valence-electron chi connectivity index (χ0n) is 12.1. The average Bonchev–Trinajstić information content (AvgIpc) is 3.04. The Morgan fingerprint density at radius 1 is 1.09 bits per heavy atom. The van der Waals surface area contributed by atoms with E-state index in [1.54, 1.807) is 12.1 Å². The minimum Gasteiger partial charge on any atom is -0.478 e. The number of para-hydroxylation sites is 1. The number of hydrogen-bond acceptors (Lipinski definition) is 2. The van der Waals surface area contributed by atoms with Crippen LogP contribution in [0.1, 0.15) is 39.9 Å². The van der Waals surface area contributed by atoms with Crippen LogP contribution >= 0.6 is 0 Å². The Morgan fingerprint density at radius 2 is 1.86 bits per heavy atom. The summed E-state index contributed by atoms with van der Waals surface area (Å²) in [6.07, 6.45) is 5.62. The fourth-order valence-corrected chi connectivity index (χ4v) is 3.71. The van der Waals surface area contributed by atoms with Gasteiger partial charge in [0.05, 0.1) is 11.6 Å². The first kappa shape index (κ1) is 13.1. The molecule has 4 rings (SSSR count). The van der Waals surface area contributed by atoms with Gasteiger partial charge in [-0.15, -0.1) is 0 Å². The largest absolute Gasteiger partial charge is 0.478 e. The van der Waals surface area contributed by atoms with Crippen LogP contribution in [0.25, 0.3) is 0 Å². The van der Waals surface area contributed by atoms with Crippen molar-refractivity contribution in [3.8, 4) is 0 Å². The Labute approximate surface area is 129 Å². The molecule has 0 aromatic heterocycles. The van der Waals surface area contributed by atoms with Crippen molar-refractivity contribution in [3.63, 3.8) is 0 Å². The second-order valence-corrected chi connectivity index (χ2v) is 5.99. The number of carboxylic acids is 1. The normalized spacial score (nSPS) is 25.2. The van der Waals surface area contributed by atoms with E-state index >= 15 is 0 Å². The zero-order valence-corrected chi connectivity index (χ0v) is 12.1. The van der Waals surface area contributed by atoms with E-state index in [1.807, 2.05) is 12.1 Å². The minimum absolute atomic E-state index is 0.220. The molecule has 1 heterocycles. The van der Waals surface area contributed by atoms with Crippen LogP contribution in [0.15, 0.2) is 60.7 Å². The lowest BCUT2D eigenvalue weighted by molar-refractivity contribution is 0.0697. The lowest BCUT2D eigenvalue weighted by Gasteiger charge is -2.37. The Kier molecular flexibility index (Phi) is 3.00. The molecular weight excluding hydrogens is 274 g/mol. The number of benzene rings is 2. The predicted octanol–water partition coefficient (Wildman–Crippen LogP) is 4.21. The molecule has 2 aliphatic rings. The van der Waals surface area contributed by atoms with Crippen molar-refractivity contribution in [1.29, 1.82) is 0 Å². The Morgan fingerprint density at radius 3 is 2.64 bits per heavy atom. The van der Waals surface area contributed by atoms with Crippen LogP contribution in [-0.2, 0) is 0 Å². The lowest BCUT2D eigenvalue weighted by atomic mass is 9.77. The van der Waals surface area contributed by atoms with Crippen LogP contribution in [0.2, 0.25) is 0 Å². The summed E-state index contributed by atoms with van der Waals surface area (Å²) in [5, 5.41) is 12.7. The Hall–Kier alpha value is -2.55. The molecule has 0 amide bonds. The number of aromatic carboxylic acids is 1. The molecule has 2 aromatic carbocycles. The second-order valence-electron chi connectivity index (χ2n) is 5.99. The number of nitrogens with one attached hydrogen (secondary N) is 1. The highest BCUT2D eigenvalue weighted by molar-refractivity contribution is 5.87. The van der Waals surface area contributed by atoms with E-state index in [2.05, 4.69) is 41.7 Å². The summed E-state index contributed by atoms with van der Waals surface area (Å²) in [4.78, 5) is 11.0. The molecule has 0 saturated heterocycles. The summed E-state index contributed by atoms with van der Waals surface area (Å²) in [5.41, 5.74) is 4.03. The van der Waals surface area contributed by atoms with Gasteiger partial charge in [-0.3, -0.25) is 0 Å². The molecule has 2 N–H and O–H groups in total. The molecule has 22 heavy (non-hydrogen) atoms. The van der Waals surface area contributed by atoms with E-state index in [0.717, 1.165) is 12.0 Å². The van der Waals surface area contributed by atoms with Crippen LogP contribution in [-0.4, -0.2) is 11.1 Å². The van der Waals surface area contributed by atoms with Crippen molar-refractivity contribution in [1.82, 2.24) is 0 Å². The van der Waals surface area contributed by atoms with E-state index in [1.165, 1.54) is 11.3 Å². The first-order valence-electron chi connectivity index (χ1n) is 7.59. The van der Waals surface area contributed by atoms with E-state index < -0.39 is 5.97 Å². The predicted molar refractivity (Wildman–Crippen MR) is 86.2 cm³/mol. The molecule has 2 unspecified atom stereocenters. The molecule has 3 heteroatoms. The number of carbonyl (C=O) groups is 1. The minimum atomic E-state index is -0.881. The van der Waals surface area contributed by atoms with E-state index in [-0.39, 0.29) is 6.04 Å². The summed E-state index contributed by atoms with van der Waals surface area (Å²) < 4.78 is 0. The number of hydrogen-bond donors (Lipinski definition) is 2. The van der Waals surface area contributed by atoms with Gasteiger partial charge in [-0.2, -0.15) is 0 Å². The Bertz CT molecular complexity index is 748. The third kappa shape index (κ3) is 2.01. The molecule has 3 nitrogen and oxygen atoms in total. The van der Waals surface area contributed by atoms with Crippen molar-refractivity contribution >= 4 is 11.7 Å². The number of carboxylic acid groups (broad SMARTS) is 1. The van der Waals surface area contributed by atoms with Gasteiger partial charge in [0.2, 0.25) is 0 Å². The monoisotopic (exact) mass is 291 g/mol. The fraction of sp³-hybridized carbons (Fsp3) is 0.211. The summed E-state index contributed by atoms with van der Waals surface area (Å²) in [6, 6.07) is 15.9. The topological polar surface area (TPSA) is 49.3 Å². The maximum Gasteiger partial charge on any atom is 0.335 e. The maximum absolute atomic E-state index is 11.0. The average molecular weight is 291 g/mol. The van der Waals surface area contributed by atoms with Crippen LogP contribution < -0.4 is 5.32 Å². The third-order valence-electron chi connectivity index (χ3n) is 4.79. The van der Waals surface area contributed by atoms with Gasteiger partial charge >= 0.3 is 5.97 Å². The number of rotatable bonds is 2. The molecule has 110 valence electrons. The van der Waals surface area contributed by atoms with Crippen LogP contribution in [0.5, 0.6) is 0 Å². The molecule has 0 fully saturated rings.